The summed E-state index contributed by atoms with van der Waals surface area (Å²) in [5.41, 5.74) is 2.30. The molecule has 1 fully saturated rings. The summed E-state index contributed by atoms with van der Waals surface area (Å²) in [6, 6.07) is 6.93. The molecule has 1 atom stereocenters. The highest BCUT2D eigenvalue weighted by atomic mass is 32.2. The van der Waals surface area contributed by atoms with Gasteiger partial charge < -0.3 is 0 Å². The van der Waals surface area contributed by atoms with E-state index in [1.54, 1.807) is 12.1 Å². The highest BCUT2D eigenvalue weighted by molar-refractivity contribution is 7.89. The van der Waals surface area contributed by atoms with Gasteiger partial charge in [-0.05, 0) is 50.7 Å². The Morgan fingerprint density at radius 3 is 2.63 bits per heavy atom. The van der Waals surface area contributed by atoms with E-state index in [4.69, 9.17) is 0 Å². The van der Waals surface area contributed by atoms with Gasteiger partial charge in [0.25, 0.3) is 0 Å². The van der Waals surface area contributed by atoms with Crippen LogP contribution in [0.3, 0.4) is 0 Å². The van der Waals surface area contributed by atoms with E-state index < -0.39 is 10.0 Å². The van der Waals surface area contributed by atoms with Crippen LogP contribution in [-0.4, -0.2) is 15.0 Å². The minimum Gasteiger partial charge on any atom is -0.211 e. The lowest BCUT2D eigenvalue weighted by atomic mass is 9.86. The summed E-state index contributed by atoms with van der Waals surface area (Å²) in [7, 11) is -3.37. The fourth-order valence-corrected chi connectivity index (χ4v) is 3.57. The Morgan fingerprint density at radius 1 is 1.32 bits per heavy atom. The van der Waals surface area contributed by atoms with Gasteiger partial charge in [-0.25, -0.2) is 13.1 Å². The van der Waals surface area contributed by atoms with E-state index in [2.05, 4.69) is 11.3 Å². The second kappa shape index (κ2) is 5.88. The fourth-order valence-electron chi connectivity index (χ4n) is 2.46. The van der Waals surface area contributed by atoms with Crippen molar-refractivity contribution < 1.29 is 8.42 Å². The predicted octanol–water partition coefficient (Wildman–Crippen LogP) is 3.02. The van der Waals surface area contributed by atoms with Gasteiger partial charge in [0.2, 0.25) is 10.0 Å². The summed E-state index contributed by atoms with van der Waals surface area (Å²) in [4.78, 5) is 0.340. The van der Waals surface area contributed by atoms with Crippen molar-refractivity contribution in [1.82, 2.24) is 4.72 Å². The van der Waals surface area contributed by atoms with E-state index in [1.165, 1.54) is 5.57 Å². The van der Waals surface area contributed by atoms with Crippen LogP contribution in [0.1, 0.15) is 31.2 Å². The Morgan fingerprint density at radius 2 is 2.00 bits per heavy atom. The second-order valence-electron chi connectivity index (χ2n) is 5.38. The van der Waals surface area contributed by atoms with Gasteiger partial charge >= 0.3 is 0 Å². The van der Waals surface area contributed by atoms with Crippen LogP contribution in [0, 0.1) is 12.8 Å². The normalized spacial score (nSPS) is 20.5. The topological polar surface area (TPSA) is 46.2 Å². The summed E-state index contributed by atoms with van der Waals surface area (Å²) < 4.78 is 27.0. The number of sulfonamides is 1. The van der Waals surface area contributed by atoms with Crippen molar-refractivity contribution >= 4 is 10.0 Å². The van der Waals surface area contributed by atoms with Crippen LogP contribution in [0.15, 0.2) is 41.3 Å². The monoisotopic (exact) mass is 279 g/mol. The molecule has 0 aromatic heterocycles. The Hall–Kier alpha value is -1.13. The van der Waals surface area contributed by atoms with Crippen LogP contribution in [0.25, 0.3) is 0 Å². The van der Waals surface area contributed by atoms with Crippen LogP contribution in [-0.2, 0) is 10.0 Å². The molecular weight excluding hydrogens is 258 g/mol. The molecule has 1 aliphatic rings. The van der Waals surface area contributed by atoms with Gasteiger partial charge in [-0.15, -0.1) is 0 Å². The number of allylic oxidation sites excluding steroid dienone is 1. The zero-order valence-corrected chi connectivity index (χ0v) is 12.2. The first-order chi connectivity index (χ1) is 8.97. The van der Waals surface area contributed by atoms with Gasteiger partial charge in [0.1, 0.15) is 0 Å². The molecule has 0 heterocycles. The van der Waals surface area contributed by atoms with Crippen LogP contribution < -0.4 is 4.72 Å². The molecule has 1 aromatic rings. The lowest BCUT2D eigenvalue weighted by Gasteiger charge is -2.23. The van der Waals surface area contributed by atoms with Crippen LogP contribution in [0.5, 0.6) is 0 Å². The van der Waals surface area contributed by atoms with Gasteiger partial charge in [0, 0.05) is 6.54 Å². The van der Waals surface area contributed by atoms with Gasteiger partial charge in [-0.1, -0.05) is 29.8 Å². The third-order valence-electron chi connectivity index (χ3n) is 3.61. The molecule has 1 N–H and O–H groups in total. The zero-order chi connectivity index (χ0) is 13.9. The van der Waals surface area contributed by atoms with Gasteiger partial charge in [-0.3, -0.25) is 0 Å². The lowest BCUT2D eigenvalue weighted by molar-refractivity contribution is 0.414. The Bertz CT molecular complexity index is 546. The minimum absolute atomic E-state index is 0.340. The summed E-state index contributed by atoms with van der Waals surface area (Å²) in [5, 5.41) is 0. The summed E-state index contributed by atoms with van der Waals surface area (Å²) in [6.45, 7) is 6.45. The Labute approximate surface area is 115 Å². The number of hydrogen-bond donors (Lipinski definition) is 1. The van der Waals surface area contributed by atoms with E-state index in [1.807, 2.05) is 19.1 Å². The molecule has 0 radical (unpaired) electrons. The molecule has 1 saturated carbocycles. The smallest absolute Gasteiger partial charge is 0.211 e. The first-order valence-electron chi connectivity index (χ1n) is 6.70. The van der Waals surface area contributed by atoms with E-state index in [9.17, 15) is 8.42 Å². The Balaban J connectivity index is 1.97. The second-order valence-corrected chi connectivity index (χ2v) is 7.14. The third-order valence-corrected chi connectivity index (χ3v) is 5.05. The van der Waals surface area contributed by atoms with E-state index in [0.29, 0.717) is 17.4 Å². The highest BCUT2D eigenvalue weighted by Gasteiger charge is 2.19. The van der Waals surface area contributed by atoms with Crippen LogP contribution >= 0.6 is 0 Å². The van der Waals surface area contributed by atoms with E-state index in [0.717, 1.165) is 31.2 Å². The maximum absolute atomic E-state index is 12.1. The molecule has 19 heavy (non-hydrogen) atoms. The van der Waals surface area contributed by atoms with Crippen molar-refractivity contribution in [3.63, 3.8) is 0 Å². The molecule has 1 aromatic carbocycles. The molecular formula is C15H21NO2S. The predicted molar refractivity (Wildman–Crippen MR) is 77.5 cm³/mol. The molecule has 0 aliphatic heterocycles. The van der Waals surface area contributed by atoms with E-state index >= 15 is 0 Å². The van der Waals surface area contributed by atoms with Crippen molar-refractivity contribution in [2.24, 2.45) is 5.92 Å². The lowest BCUT2D eigenvalue weighted by Crippen LogP contribution is -2.30. The molecule has 1 aliphatic carbocycles. The number of benzene rings is 1. The summed E-state index contributed by atoms with van der Waals surface area (Å²) in [6.07, 6.45) is 4.23. The van der Waals surface area contributed by atoms with Gasteiger partial charge in [0.05, 0.1) is 4.90 Å². The molecule has 1 unspecified atom stereocenters. The molecule has 4 heteroatoms. The molecule has 0 spiro atoms. The van der Waals surface area contributed by atoms with Crippen molar-refractivity contribution in [3.8, 4) is 0 Å². The number of nitrogens with one attached hydrogen (secondary N) is 1. The highest BCUT2D eigenvalue weighted by Crippen LogP contribution is 2.26. The molecule has 0 saturated heterocycles. The van der Waals surface area contributed by atoms with Crippen molar-refractivity contribution in [1.29, 1.82) is 0 Å². The maximum Gasteiger partial charge on any atom is 0.240 e. The SMILES string of the molecule is C=C1CCCC(CNS(=O)(=O)c2ccc(C)cc2)C1. The maximum atomic E-state index is 12.1. The zero-order valence-electron chi connectivity index (χ0n) is 11.4. The quantitative estimate of drug-likeness (QED) is 0.861. The molecule has 0 bridgehead atoms. The number of aryl methyl sites for hydroxylation is 1. The molecule has 104 valence electrons. The summed E-state index contributed by atoms with van der Waals surface area (Å²) in [5.74, 6) is 0.390. The third kappa shape index (κ3) is 3.91. The average Bonchev–Trinajstić information content (AvgIpc) is 2.37. The molecule has 0 amide bonds. The van der Waals surface area contributed by atoms with Gasteiger partial charge in [0.15, 0.2) is 0 Å². The Kier molecular flexibility index (Phi) is 4.42. The first kappa shape index (κ1) is 14.3. The number of hydrogen-bond acceptors (Lipinski definition) is 2. The van der Waals surface area contributed by atoms with Crippen molar-refractivity contribution in [2.75, 3.05) is 6.54 Å². The minimum atomic E-state index is -3.37. The standard InChI is InChI=1S/C15H21NO2S/c1-12-6-8-15(9-7-12)19(17,18)16-11-14-5-3-4-13(2)10-14/h6-9,14,16H,2-5,10-11H2,1H3. The van der Waals surface area contributed by atoms with Crippen LogP contribution in [0.2, 0.25) is 0 Å². The fraction of sp³-hybridized carbons (Fsp3) is 0.467. The largest absolute Gasteiger partial charge is 0.240 e. The molecule has 2 rings (SSSR count). The first-order valence-corrected chi connectivity index (χ1v) is 8.19. The van der Waals surface area contributed by atoms with E-state index in [-0.39, 0.29) is 0 Å². The van der Waals surface area contributed by atoms with Gasteiger partial charge in [-0.2, -0.15) is 0 Å². The summed E-state index contributed by atoms with van der Waals surface area (Å²) >= 11 is 0. The average molecular weight is 279 g/mol. The van der Waals surface area contributed by atoms with Crippen molar-refractivity contribution in [3.05, 3.63) is 42.0 Å². The van der Waals surface area contributed by atoms with Crippen LogP contribution in [0.4, 0.5) is 0 Å². The number of rotatable bonds is 4. The molecule has 3 nitrogen and oxygen atoms in total. The van der Waals surface area contributed by atoms with Crippen molar-refractivity contribution in [2.45, 2.75) is 37.5 Å².